The lowest BCUT2D eigenvalue weighted by molar-refractivity contribution is 0.159. The summed E-state index contributed by atoms with van der Waals surface area (Å²) in [4.78, 5) is 6.75. The Kier molecular flexibility index (Phi) is 5.66. The fourth-order valence-corrected chi connectivity index (χ4v) is 2.56. The summed E-state index contributed by atoms with van der Waals surface area (Å²) in [6.07, 6.45) is 0. The Morgan fingerprint density at radius 1 is 1.35 bits per heavy atom. The van der Waals surface area contributed by atoms with Gasteiger partial charge < -0.3 is 14.2 Å². The van der Waals surface area contributed by atoms with Gasteiger partial charge in [0.2, 0.25) is 0 Å². The number of aromatic nitrogens is 2. The second kappa shape index (κ2) is 7.27. The molecular weight excluding hydrogens is 297 g/mol. The van der Waals surface area contributed by atoms with Crippen LogP contribution in [-0.4, -0.2) is 48.3 Å². The van der Waals surface area contributed by atoms with E-state index in [1.165, 1.54) is 0 Å². The molecule has 0 spiro atoms. The lowest BCUT2D eigenvalue weighted by atomic mass is 10.3. The number of nitrogens with zero attached hydrogens (tertiary/aromatic N) is 3. The van der Waals surface area contributed by atoms with Crippen LogP contribution in [0.15, 0.2) is 18.2 Å². The summed E-state index contributed by atoms with van der Waals surface area (Å²) in [5.74, 6) is 1.24. The molecular formula is C14H19Cl2N3O. The van der Waals surface area contributed by atoms with Crippen LogP contribution >= 0.6 is 23.2 Å². The quantitative estimate of drug-likeness (QED) is 0.736. The minimum atomic E-state index is 0.382. The Hall–Kier alpha value is -0.810. The number of hydrogen-bond donors (Lipinski definition) is 0. The van der Waals surface area contributed by atoms with Crippen molar-refractivity contribution in [2.24, 2.45) is 0 Å². The van der Waals surface area contributed by atoms with Gasteiger partial charge in [-0.3, -0.25) is 0 Å². The summed E-state index contributed by atoms with van der Waals surface area (Å²) in [5.41, 5.74) is 1.86. The topological polar surface area (TPSA) is 30.3 Å². The van der Waals surface area contributed by atoms with E-state index < -0.39 is 0 Å². The van der Waals surface area contributed by atoms with Crippen LogP contribution in [0.1, 0.15) is 5.82 Å². The number of ether oxygens (including phenoxy) is 1. The highest BCUT2D eigenvalue weighted by molar-refractivity contribution is 6.35. The predicted molar refractivity (Wildman–Crippen MR) is 83.7 cm³/mol. The van der Waals surface area contributed by atoms with Gasteiger partial charge in [0, 0.05) is 26.7 Å². The van der Waals surface area contributed by atoms with E-state index in [1.807, 2.05) is 18.2 Å². The summed E-state index contributed by atoms with van der Waals surface area (Å²) >= 11 is 12.2. The van der Waals surface area contributed by atoms with Crippen molar-refractivity contribution in [2.75, 3.05) is 33.9 Å². The molecule has 0 saturated carbocycles. The number of halogens is 2. The summed E-state index contributed by atoms with van der Waals surface area (Å²) in [6.45, 7) is 3.37. The third-order valence-electron chi connectivity index (χ3n) is 3.31. The van der Waals surface area contributed by atoms with Gasteiger partial charge >= 0.3 is 0 Å². The fourth-order valence-electron chi connectivity index (χ4n) is 2.14. The zero-order valence-corrected chi connectivity index (χ0v) is 13.3. The van der Waals surface area contributed by atoms with E-state index in [2.05, 4.69) is 21.5 Å². The molecule has 6 heteroatoms. The first-order valence-corrected chi connectivity index (χ1v) is 7.45. The summed E-state index contributed by atoms with van der Waals surface area (Å²) in [6, 6.07) is 5.82. The van der Waals surface area contributed by atoms with Crippen molar-refractivity contribution in [1.29, 1.82) is 0 Å². The van der Waals surface area contributed by atoms with E-state index in [1.54, 1.807) is 7.11 Å². The fraction of sp³-hybridized carbons (Fsp3) is 0.500. The normalized spacial score (nSPS) is 11.7. The first kappa shape index (κ1) is 15.6. The Morgan fingerprint density at radius 2 is 2.15 bits per heavy atom. The molecule has 0 bridgehead atoms. The van der Waals surface area contributed by atoms with Crippen molar-refractivity contribution >= 4 is 34.2 Å². The minimum Gasteiger partial charge on any atom is -0.383 e. The van der Waals surface area contributed by atoms with E-state index in [0.29, 0.717) is 10.9 Å². The van der Waals surface area contributed by atoms with Crippen LogP contribution in [0.25, 0.3) is 11.0 Å². The third-order valence-corrected chi connectivity index (χ3v) is 3.85. The summed E-state index contributed by atoms with van der Waals surface area (Å²) in [5, 5.41) is 0.667. The summed E-state index contributed by atoms with van der Waals surface area (Å²) in [7, 11) is 3.79. The maximum absolute atomic E-state index is 6.18. The molecule has 1 heterocycles. The molecule has 2 rings (SSSR count). The van der Waals surface area contributed by atoms with Crippen molar-refractivity contribution in [1.82, 2.24) is 14.5 Å². The number of benzene rings is 1. The minimum absolute atomic E-state index is 0.382. The number of methoxy groups -OCH3 is 1. The van der Waals surface area contributed by atoms with E-state index >= 15 is 0 Å². The number of hydrogen-bond acceptors (Lipinski definition) is 3. The molecule has 0 unspecified atom stereocenters. The molecule has 0 saturated heterocycles. The number of imidazole rings is 1. The van der Waals surface area contributed by atoms with Crippen LogP contribution in [0.3, 0.4) is 0 Å². The molecule has 0 atom stereocenters. The SMILES string of the molecule is COCCN(C)CCn1c(CCl)nc2c(Cl)cccc21. The Bertz CT molecular complexity index is 571. The Morgan fingerprint density at radius 3 is 2.85 bits per heavy atom. The molecule has 0 aliphatic heterocycles. The molecule has 0 aliphatic rings. The lowest BCUT2D eigenvalue weighted by Crippen LogP contribution is -2.27. The van der Waals surface area contributed by atoms with Crippen LogP contribution in [0.5, 0.6) is 0 Å². The smallest absolute Gasteiger partial charge is 0.124 e. The van der Waals surface area contributed by atoms with Gasteiger partial charge in [0.15, 0.2) is 0 Å². The van der Waals surface area contributed by atoms with Crippen LogP contribution in [0, 0.1) is 0 Å². The van der Waals surface area contributed by atoms with Crippen molar-refractivity contribution in [2.45, 2.75) is 12.4 Å². The highest BCUT2D eigenvalue weighted by Gasteiger charge is 2.12. The number of fused-ring (bicyclic) bond motifs is 1. The average molecular weight is 316 g/mol. The zero-order valence-electron chi connectivity index (χ0n) is 11.8. The van der Waals surface area contributed by atoms with Gasteiger partial charge in [-0.2, -0.15) is 0 Å². The number of rotatable bonds is 7. The molecule has 4 nitrogen and oxygen atoms in total. The van der Waals surface area contributed by atoms with Gasteiger partial charge in [-0.15, -0.1) is 11.6 Å². The van der Waals surface area contributed by atoms with Crippen LogP contribution in [-0.2, 0) is 17.2 Å². The van der Waals surface area contributed by atoms with Crippen LogP contribution in [0.2, 0.25) is 5.02 Å². The summed E-state index contributed by atoms with van der Waals surface area (Å²) < 4.78 is 7.22. The van der Waals surface area contributed by atoms with E-state index in [9.17, 15) is 0 Å². The van der Waals surface area contributed by atoms with E-state index in [4.69, 9.17) is 27.9 Å². The Labute approximate surface area is 129 Å². The number of alkyl halides is 1. The monoisotopic (exact) mass is 315 g/mol. The Balaban J connectivity index is 2.18. The standard InChI is InChI=1S/C14H19Cl2N3O/c1-18(8-9-20-2)6-7-19-12-5-3-4-11(16)14(12)17-13(19)10-15/h3-5H,6-10H2,1-2H3. The van der Waals surface area contributed by atoms with Crippen molar-refractivity contribution in [3.63, 3.8) is 0 Å². The van der Waals surface area contributed by atoms with Gasteiger partial charge in [0.1, 0.15) is 11.3 Å². The maximum Gasteiger partial charge on any atom is 0.124 e. The number of para-hydroxylation sites is 1. The largest absolute Gasteiger partial charge is 0.383 e. The van der Waals surface area contributed by atoms with Crippen molar-refractivity contribution in [3.8, 4) is 0 Å². The van der Waals surface area contributed by atoms with E-state index in [-0.39, 0.29) is 0 Å². The molecule has 0 fully saturated rings. The molecule has 1 aromatic carbocycles. The van der Waals surface area contributed by atoms with Crippen molar-refractivity contribution < 1.29 is 4.74 Å². The number of likely N-dealkylation sites (N-methyl/N-ethyl adjacent to an activating group) is 1. The first-order valence-electron chi connectivity index (χ1n) is 6.54. The molecule has 0 aliphatic carbocycles. The second-order valence-electron chi connectivity index (χ2n) is 4.72. The zero-order chi connectivity index (χ0) is 14.5. The molecule has 20 heavy (non-hydrogen) atoms. The molecule has 0 N–H and O–H groups in total. The maximum atomic E-state index is 6.18. The van der Waals surface area contributed by atoms with Gasteiger partial charge in [-0.25, -0.2) is 4.98 Å². The van der Waals surface area contributed by atoms with E-state index in [0.717, 1.165) is 43.1 Å². The van der Waals surface area contributed by atoms with Gasteiger partial charge in [0.05, 0.1) is 23.0 Å². The van der Waals surface area contributed by atoms with Gasteiger partial charge in [-0.05, 0) is 19.2 Å². The molecule has 0 amide bonds. The van der Waals surface area contributed by atoms with Crippen LogP contribution in [0.4, 0.5) is 0 Å². The molecule has 2 aromatic rings. The van der Waals surface area contributed by atoms with Gasteiger partial charge in [0.25, 0.3) is 0 Å². The molecule has 1 aromatic heterocycles. The average Bonchev–Trinajstić information content (AvgIpc) is 2.82. The highest BCUT2D eigenvalue weighted by Crippen LogP contribution is 2.24. The second-order valence-corrected chi connectivity index (χ2v) is 5.39. The molecule has 0 radical (unpaired) electrons. The first-order chi connectivity index (χ1) is 9.67. The third kappa shape index (κ3) is 3.44. The van der Waals surface area contributed by atoms with Gasteiger partial charge in [-0.1, -0.05) is 17.7 Å². The molecule has 110 valence electrons. The highest BCUT2D eigenvalue weighted by atomic mass is 35.5. The predicted octanol–water partition coefficient (Wildman–Crippen LogP) is 3.01. The lowest BCUT2D eigenvalue weighted by Gasteiger charge is -2.17. The van der Waals surface area contributed by atoms with Crippen LogP contribution < -0.4 is 0 Å². The van der Waals surface area contributed by atoms with Crippen molar-refractivity contribution in [3.05, 3.63) is 29.0 Å².